The summed E-state index contributed by atoms with van der Waals surface area (Å²) in [4.78, 5) is 0. The molecule has 1 aliphatic carbocycles. The van der Waals surface area contributed by atoms with E-state index in [1.165, 1.54) is 6.42 Å². The smallest absolute Gasteiger partial charge is 0.170 e. The van der Waals surface area contributed by atoms with Crippen LogP contribution in [0.2, 0.25) is 0 Å². The Hall–Kier alpha value is -1.55. The van der Waals surface area contributed by atoms with Crippen LogP contribution >= 0.6 is 0 Å². The van der Waals surface area contributed by atoms with Crippen molar-refractivity contribution in [2.75, 3.05) is 6.54 Å². The van der Waals surface area contributed by atoms with Gasteiger partial charge in [0.25, 0.3) is 0 Å². The number of nitrogens with zero attached hydrogens (tertiary/aromatic N) is 1. The zero-order valence-corrected chi connectivity index (χ0v) is 10.1. The first-order valence-corrected chi connectivity index (χ1v) is 5.99. The second-order valence-corrected chi connectivity index (χ2v) is 4.75. The lowest BCUT2D eigenvalue weighted by molar-refractivity contribution is 0.318. The van der Waals surface area contributed by atoms with Crippen LogP contribution in [0.3, 0.4) is 0 Å². The molecule has 0 aromatic heterocycles. The molecule has 0 spiro atoms. The lowest BCUT2D eigenvalue weighted by Gasteiger charge is -2.09. The van der Waals surface area contributed by atoms with E-state index in [1.54, 1.807) is 0 Å². The summed E-state index contributed by atoms with van der Waals surface area (Å²) >= 11 is 0. The second-order valence-electron chi connectivity index (χ2n) is 4.75. The summed E-state index contributed by atoms with van der Waals surface area (Å²) < 4.78 is 0. The molecule has 1 aromatic carbocycles. The number of nitrogens with one attached hydrogen (secondary N) is 1. The van der Waals surface area contributed by atoms with Gasteiger partial charge < -0.3 is 16.3 Å². The molecule has 0 bridgehead atoms. The largest absolute Gasteiger partial charge is 0.409 e. The van der Waals surface area contributed by atoms with E-state index in [4.69, 9.17) is 10.9 Å². The van der Waals surface area contributed by atoms with Crippen LogP contribution in [0.4, 0.5) is 0 Å². The Morgan fingerprint density at radius 1 is 1.53 bits per heavy atom. The lowest BCUT2D eigenvalue weighted by atomic mass is 10.1. The van der Waals surface area contributed by atoms with E-state index in [1.807, 2.05) is 24.3 Å². The van der Waals surface area contributed by atoms with Crippen LogP contribution in [-0.2, 0) is 6.54 Å². The monoisotopic (exact) mass is 233 g/mol. The highest BCUT2D eigenvalue weighted by molar-refractivity contribution is 5.98. The van der Waals surface area contributed by atoms with Crippen molar-refractivity contribution in [3.63, 3.8) is 0 Å². The minimum Gasteiger partial charge on any atom is -0.409 e. The molecule has 2 unspecified atom stereocenters. The Bertz CT molecular complexity index is 417. The molecule has 92 valence electrons. The van der Waals surface area contributed by atoms with Gasteiger partial charge in [0.15, 0.2) is 5.84 Å². The van der Waals surface area contributed by atoms with Crippen molar-refractivity contribution >= 4 is 5.84 Å². The number of rotatable bonds is 5. The predicted molar refractivity (Wildman–Crippen MR) is 67.9 cm³/mol. The predicted octanol–water partition coefficient (Wildman–Crippen LogP) is 1.53. The van der Waals surface area contributed by atoms with Crippen molar-refractivity contribution in [3.8, 4) is 0 Å². The van der Waals surface area contributed by atoms with Gasteiger partial charge in [-0.1, -0.05) is 36.3 Å². The molecule has 2 atom stereocenters. The molecule has 1 saturated carbocycles. The fourth-order valence-electron chi connectivity index (χ4n) is 2.05. The molecule has 17 heavy (non-hydrogen) atoms. The Kier molecular flexibility index (Phi) is 3.64. The number of benzene rings is 1. The van der Waals surface area contributed by atoms with Crippen molar-refractivity contribution < 1.29 is 5.21 Å². The van der Waals surface area contributed by atoms with E-state index in [9.17, 15) is 0 Å². The van der Waals surface area contributed by atoms with Gasteiger partial charge in [-0.05, 0) is 30.4 Å². The Morgan fingerprint density at radius 2 is 2.24 bits per heavy atom. The molecule has 4 nitrogen and oxygen atoms in total. The van der Waals surface area contributed by atoms with E-state index in [2.05, 4.69) is 17.4 Å². The first-order valence-electron chi connectivity index (χ1n) is 5.99. The van der Waals surface area contributed by atoms with Gasteiger partial charge in [-0.15, -0.1) is 0 Å². The number of hydrogen-bond acceptors (Lipinski definition) is 3. The van der Waals surface area contributed by atoms with Crippen molar-refractivity contribution in [1.82, 2.24) is 5.32 Å². The summed E-state index contributed by atoms with van der Waals surface area (Å²) in [6.45, 7) is 4.08. The summed E-state index contributed by atoms with van der Waals surface area (Å²) in [5, 5.41) is 15.2. The third kappa shape index (κ3) is 2.97. The molecule has 1 aliphatic rings. The maximum Gasteiger partial charge on any atom is 0.170 e. The second kappa shape index (κ2) is 5.19. The van der Waals surface area contributed by atoms with E-state index in [0.29, 0.717) is 0 Å². The number of amidine groups is 1. The van der Waals surface area contributed by atoms with Crippen LogP contribution < -0.4 is 11.1 Å². The van der Waals surface area contributed by atoms with Gasteiger partial charge in [0, 0.05) is 12.1 Å². The summed E-state index contributed by atoms with van der Waals surface area (Å²) in [5.74, 6) is 1.86. The summed E-state index contributed by atoms with van der Waals surface area (Å²) in [6.07, 6.45) is 1.33. The van der Waals surface area contributed by atoms with Gasteiger partial charge in [-0.2, -0.15) is 0 Å². The molecule has 4 heteroatoms. The number of hydrogen-bond donors (Lipinski definition) is 3. The number of nitrogens with two attached hydrogens (primary N) is 1. The summed E-state index contributed by atoms with van der Waals surface area (Å²) in [7, 11) is 0. The zero-order valence-electron chi connectivity index (χ0n) is 10.1. The van der Waals surface area contributed by atoms with Crippen LogP contribution in [0.5, 0.6) is 0 Å². The van der Waals surface area contributed by atoms with Crippen molar-refractivity contribution in [2.24, 2.45) is 22.7 Å². The molecule has 0 radical (unpaired) electrons. The van der Waals surface area contributed by atoms with Gasteiger partial charge >= 0.3 is 0 Å². The molecule has 2 rings (SSSR count). The van der Waals surface area contributed by atoms with Gasteiger partial charge in [-0.25, -0.2) is 0 Å². The Balaban J connectivity index is 1.95. The highest BCUT2D eigenvalue weighted by Gasteiger charge is 2.31. The third-order valence-electron chi connectivity index (χ3n) is 3.40. The first-order chi connectivity index (χ1) is 8.22. The van der Waals surface area contributed by atoms with Crippen LogP contribution in [-0.4, -0.2) is 17.6 Å². The quantitative estimate of drug-likeness (QED) is 0.312. The van der Waals surface area contributed by atoms with E-state index >= 15 is 0 Å². The van der Waals surface area contributed by atoms with Crippen LogP contribution in [0.1, 0.15) is 24.5 Å². The third-order valence-corrected chi connectivity index (χ3v) is 3.40. The van der Waals surface area contributed by atoms with E-state index < -0.39 is 0 Å². The average Bonchev–Trinajstić information content (AvgIpc) is 3.05. The Morgan fingerprint density at radius 3 is 2.88 bits per heavy atom. The maximum absolute atomic E-state index is 8.71. The van der Waals surface area contributed by atoms with Crippen LogP contribution in [0.15, 0.2) is 29.4 Å². The van der Waals surface area contributed by atoms with Crippen molar-refractivity contribution in [2.45, 2.75) is 19.9 Å². The van der Waals surface area contributed by atoms with Crippen LogP contribution in [0, 0.1) is 11.8 Å². The molecule has 0 heterocycles. The summed E-state index contributed by atoms with van der Waals surface area (Å²) in [6, 6.07) is 7.72. The molecular formula is C13H19N3O. The van der Waals surface area contributed by atoms with E-state index in [-0.39, 0.29) is 5.84 Å². The topological polar surface area (TPSA) is 70.6 Å². The molecule has 4 N–H and O–H groups in total. The van der Waals surface area contributed by atoms with Gasteiger partial charge in [0.1, 0.15) is 0 Å². The van der Waals surface area contributed by atoms with Crippen LogP contribution in [0.25, 0.3) is 0 Å². The standard InChI is InChI=1S/C13H19N3O/c1-9-6-11(9)8-15-7-10-4-2-3-5-12(10)13(14)16-17/h2-5,9,11,15,17H,6-8H2,1H3,(H2,14,16). The van der Waals surface area contributed by atoms with Gasteiger partial charge in [-0.3, -0.25) is 0 Å². The molecule has 1 fully saturated rings. The minimum absolute atomic E-state index is 0.169. The minimum atomic E-state index is 0.169. The molecule has 1 aromatic rings. The maximum atomic E-state index is 8.71. The highest BCUT2D eigenvalue weighted by atomic mass is 16.4. The normalized spacial score (nSPS) is 23.7. The zero-order chi connectivity index (χ0) is 12.3. The number of oxime groups is 1. The molecule has 0 amide bonds. The highest BCUT2D eigenvalue weighted by Crippen LogP contribution is 2.36. The molecular weight excluding hydrogens is 214 g/mol. The first kappa shape index (κ1) is 11.9. The average molecular weight is 233 g/mol. The fourth-order valence-corrected chi connectivity index (χ4v) is 2.05. The van der Waals surface area contributed by atoms with Crippen molar-refractivity contribution in [3.05, 3.63) is 35.4 Å². The fraction of sp³-hybridized carbons (Fsp3) is 0.462. The SMILES string of the molecule is CC1CC1CNCc1ccccc1/C(N)=N/O. The summed E-state index contributed by atoms with van der Waals surface area (Å²) in [5.41, 5.74) is 7.50. The van der Waals surface area contributed by atoms with Gasteiger partial charge in [0.05, 0.1) is 0 Å². The van der Waals surface area contributed by atoms with E-state index in [0.717, 1.165) is 36.1 Å². The van der Waals surface area contributed by atoms with Crippen molar-refractivity contribution in [1.29, 1.82) is 0 Å². The Labute approximate surface area is 102 Å². The van der Waals surface area contributed by atoms with Gasteiger partial charge in [0.2, 0.25) is 0 Å². The molecule has 0 aliphatic heterocycles. The lowest BCUT2D eigenvalue weighted by Crippen LogP contribution is -2.21. The molecule has 0 saturated heterocycles.